The van der Waals surface area contributed by atoms with Gasteiger partial charge in [-0.05, 0) is 18.6 Å². The third kappa shape index (κ3) is 2.46. The van der Waals surface area contributed by atoms with E-state index < -0.39 is 4.92 Å². The SMILES string of the molecule is Cc1cc(Cl)c([N+](=O)[O-])cc1C(=O)CCl. The molecule has 0 N–H and O–H groups in total. The average Bonchev–Trinajstić information content (AvgIpc) is 2.16. The Labute approximate surface area is 95.9 Å². The summed E-state index contributed by atoms with van der Waals surface area (Å²) in [6.45, 7) is 1.65. The number of rotatable bonds is 3. The molecule has 6 heteroatoms. The molecule has 0 aliphatic carbocycles. The van der Waals surface area contributed by atoms with Gasteiger partial charge < -0.3 is 0 Å². The summed E-state index contributed by atoms with van der Waals surface area (Å²) in [6.07, 6.45) is 0. The number of alkyl halides is 1. The Balaban J connectivity index is 3.36. The number of benzene rings is 1. The summed E-state index contributed by atoms with van der Waals surface area (Å²) in [5, 5.41) is 10.6. The maximum Gasteiger partial charge on any atom is 0.288 e. The summed E-state index contributed by atoms with van der Waals surface area (Å²) < 4.78 is 0. The first-order valence-corrected chi connectivity index (χ1v) is 4.92. The van der Waals surface area contributed by atoms with Gasteiger partial charge in [-0.15, -0.1) is 11.6 Å². The van der Waals surface area contributed by atoms with Gasteiger partial charge in [-0.3, -0.25) is 14.9 Å². The van der Waals surface area contributed by atoms with Crippen molar-refractivity contribution < 1.29 is 9.72 Å². The van der Waals surface area contributed by atoms with Crippen LogP contribution in [0.3, 0.4) is 0 Å². The van der Waals surface area contributed by atoms with Crippen molar-refractivity contribution in [2.45, 2.75) is 6.92 Å². The van der Waals surface area contributed by atoms with Crippen LogP contribution >= 0.6 is 23.2 Å². The standard InChI is InChI=1S/C9H7Cl2NO3/c1-5-2-7(11)8(12(14)15)3-6(5)9(13)4-10/h2-3H,4H2,1H3. The smallest absolute Gasteiger partial charge is 0.288 e. The molecule has 0 aliphatic rings. The topological polar surface area (TPSA) is 60.2 Å². The highest BCUT2D eigenvalue weighted by Crippen LogP contribution is 2.28. The van der Waals surface area contributed by atoms with E-state index in [4.69, 9.17) is 23.2 Å². The second-order valence-corrected chi connectivity index (χ2v) is 3.61. The quantitative estimate of drug-likeness (QED) is 0.357. The van der Waals surface area contributed by atoms with Crippen molar-refractivity contribution in [2.24, 2.45) is 0 Å². The van der Waals surface area contributed by atoms with Crippen LogP contribution in [-0.4, -0.2) is 16.6 Å². The molecule has 0 amide bonds. The van der Waals surface area contributed by atoms with Crippen molar-refractivity contribution in [1.29, 1.82) is 0 Å². The monoisotopic (exact) mass is 247 g/mol. The molecule has 0 fully saturated rings. The summed E-state index contributed by atoms with van der Waals surface area (Å²) in [5.41, 5.74) is 0.535. The zero-order valence-electron chi connectivity index (χ0n) is 7.79. The van der Waals surface area contributed by atoms with E-state index in [-0.39, 0.29) is 27.9 Å². The molecule has 80 valence electrons. The Hall–Kier alpha value is -1.13. The zero-order valence-corrected chi connectivity index (χ0v) is 9.30. The van der Waals surface area contributed by atoms with E-state index in [9.17, 15) is 14.9 Å². The van der Waals surface area contributed by atoms with Gasteiger partial charge in [0.25, 0.3) is 5.69 Å². The number of Topliss-reactive ketones (excluding diaryl/α,β-unsaturated/α-hetero) is 1. The fourth-order valence-corrected chi connectivity index (χ4v) is 1.60. The molecule has 0 atom stereocenters. The van der Waals surface area contributed by atoms with Crippen molar-refractivity contribution >= 4 is 34.7 Å². The molecule has 0 radical (unpaired) electrons. The minimum Gasteiger partial charge on any atom is -0.293 e. The van der Waals surface area contributed by atoms with Gasteiger partial charge in [0, 0.05) is 11.6 Å². The summed E-state index contributed by atoms with van der Waals surface area (Å²) in [7, 11) is 0. The summed E-state index contributed by atoms with van der Waals surface area (Å²) in [6, 6.07) is 2.54. The number of hydrogen-bond donors (Lipinski definition) is 0. The second kappa shape index (κ2) is 4.59. The number of hydrogen-bond acceptors (Lipinski definition) is 3. The maximum absolute atomic E-state index is 11.3. The first-order chi connectivity index (χ1) is 6.97. The lowest BCUT2D eigenvalue weighted by Crippen LogP contribution is -2.04. The van der Waals surface area contributed by atoms with Gasteiger partial charge >= 0.3 is 0 Å². The second-order valence-electron chi connectivity index (χ2n) is 2.93. The lowest BCUT2D eigenvalue weighted by Gasteiger charge is -2.03. The molecule has 1 aromatic rings. The average molecular weight is 248 g/mol. The van der Waals surface area contributed by atoms with Crippen LogP contribution in [0, 0.1) is 17.0 Å². The zero-order chi connectivity index (χ0) is 11.6. The Morgan fingerprint density at radius 3 is 2.60 bits per heavy atom. The van der Waals surface area contributed by atoms with Crippen LogP contribution in [0.5, 0.6) is 0 Å². The molecule has 1 rings (SSSR count). The van der Waals surface area contributed by atoms with Crippen molar-refractivity contribution in [1.82, 2.24) is 0 Å². The van der Waals surface area contributed by atoms with Gasteiger partial charge in [0.15, 0.2) is 5.78 Å². The van der Waals surface area contributed by atoms with Crippen LogP contribution in [0.1, 0.15) is 15.9 Å². The highest BCUT2D eigenvalue weighted by molar-refractivity contribution is 6.33. The van der Waals surface area contributed by atoms with E-state index in [0.717, 1.165) is 6.07 Å². The van der Waals surface area contributed by atoms with Gasteiger partial charge in [0.1, 0.15) is 5.02 Å². The van der Waals surface area contributed by atoms with E-state index in [1.807, 2.05) is 0 Å². The Morgan fingerprint density at radius 2 is 2.13 bits per heavy atom. The largest absolute Gasteiger partial charge is 0.293 e. The molecule has 4 nitrogen and oxygen atoms in total. The van der Waals surface area contributed by atoms with Crippen LogP contribution in [-0.2, 0) is 0 Å². The Bertz CT molecular complexity index is 432. The molecule has 0 aliphatic heterocycles. The summed E-state index contributed by atoms with van der Waals surface area (Å²) in [4.78, 5) is 21.3. The molecular weight excluding hydrogens is 241 g/mol. The Kier molecular flexibility index (Phi) is 3.66. The van der Waals surface area contributed by atoms with E-state index >= 15 is 0 Å². The molecule has 0 bridgehead atoms. The van der Waals surface area contributed by atoms with Crippen LogP contribution in [0.25, 0.3) is 0 Å². The third-order valence-electron chi connectivity index (χ3n) is 1.91. The van der Waals surface area contributed by atoms with E-state index in [2.05, 4.69) is 0 Å². The predicted octanol–water partition coefficient (Wildman–Crippen LogP) is 2.98. The molecule has 0 heterocycles. The number of nitro benzene ring substituents is 1. The summed E-state index contributed by atoms with van der Waals surface area (Å²) in [5.74, 6) is -0.562. The molecule has 0 saturated heterocycles. The minimum absolute atomic E-state index is 0.0172. The fraction of sp³-hybridized carbons (Fsp3) is 0.222. The lowest BCUT2D eigenvalue weighted by atomic mass is 10.0. The van der Waals surface area contributed by atoms with E-state index in [0.29, 0.717) is 5.56 Å². The van der Waals surface area contributed by atoms with Gasteiger partial charge in [0.05, 0.1) is 10.8 Å². The van der Waals surface area contributed by atoms with Crippen LogP contribution in [0.15, 0.2) is 12.1 Å². The number of nitrogens with zero attached hydrogens (tertiary/aromatic N) is 1. The van der Waals surface area contributed by atoms with Crippen molar-refractivity contribution in [2.75, 3.05) is 5.88 Å². The Morgan fingerprint density at radius 1 is 1.53 bits per heavy atom. The van der Waals surface area contributed by atoms with E-state index in [1.54, 1.807) is 6.92 Å². The number of ketones is 1. The van der Waals surface area contributed by atoms with Gasteiger partial charge in [-0.2, -0.15) is 0 Å². The molecule has 15 heavy (non-hydrogen) atoms. The van der Waals surface area contributed by atoms with Crippen LogP contribution < -0.4 is 0 Å². The molecule has 0 spiro atoms. The lowest BCUT2D eigenvalue weighted by molar-refractivity contribution is -0.384. The number of halogens is 2. The number of nitro groups is 1. The summed E-state index contributed by atoms with van der Waals surface area (Å²) >= 11 is 11.0. The maximum atomic E-state index is 11.3. The minimum atomic E-state index is -0.632. The number of carbonyl (C=O) groups excluding carboxylic acids is 1. The third-order valence-corrected chi connectivity index (χ3v) is 2.46. The van der Waals surface area contributed by atoms with Crippen molar-refractivity contribution in [3.8, 4) is 0 Å². The molecule has 1 aromatic carbocycles. The normalized spacial score (nSPS) is 10.1. The highest BCUT2D eigenvalue weighted by atomic mass is 35.5. The number of carbonyl (C=O) groups is 1. The van der Waals surface area contributed by atoms with Crippen LogP contribution in [0.2, 0.25) is 5.02 Å². The number of aryl methyl sites for hydroxylation is 1. The first-order valence-electron chi connectivity index (χ1n) is 4.01. The van der Waals surface area contributed by atoms with E-state index in [1.165, 1.54) is 6.07 Å². The van der Waals surface area contributed by atoms with Gasteiger partial charge in [-0.1, -0.05) is 11.6 Å². The predicted molar refractivity (Wildman–Crippen MR) is 57.9 cm³/mol. The fourth-order valence-electron chi connectivity index (χ4n) is 1.17. The van der Waals surface area contributed by atoms with Gasteiger partial charge in [0.2, 0.25) is 0 Å². The molecule has 0 aromatic heterocycles. The molecule has 0 unspecified atom stereocenters. The molecule has 0 saturated carbocycles. The van der Waals surface area contributed by atoms with Crippen molar-refractivity contribution in [3.63, 3.8) is 0 Å². The van der Waals surface area contributed by atoms with Crippen molar-refractivity contribution in [3.05, 3.63) is 38.4 Å². The highest BCUT2D eigenvalue weighted by Gasteiger charge is 2.18. The van der Waals surface area contributed by atoms with Crippen LogP contribution in [0.4, 0.5) is 5.69 Å². The first kappa shape index (κ1) is 11.9. The van der Waals surface area contributed by atoms with Gasteiger partial charge in [-0.25, -0.2) is 0 Å². The molecular formula is C9H7Cl2NO3.